The van der Waals surface area contributed by atoms with Crippen molar-refractivity contribution in [3.05, 3.63) is 34.9 Å². The summed E-state index contributed by atoms with van der Waals surface area (Å²) in [6.07, 6.45) is 1.46. The van der Waals surface area contributed by atoms with Crippen LogP contribution in [0.25, 0.3) is 0 Å². The van der Waals surface area contributed by atoms with Crippen LogP contribution in [0.15, 0.2) is 18.2 Å². The Morgan fingerprint density at radius 3 is 2.65 bits per heavy atom. The van der Waals surface area contributed by atoms with E-state index in [1.807, 2.05) is 32.0 Å². The molecule has 1 atom stereocenters. The van der Waals surface area contributed by atoms with Gasteiger partial charge in [0.05, 0.1) is 11.5 Å². The molecule has 5 heteroatoms. The molecule has 2 rings (SSSR count). The predicted octanol–water partition coefficient (Wildman–Crippen LogP) is 1.86. The average molecular weight is 295 g/mol. The summed E-state index contributed by atoms with van der Waals surface area (Å²) >= 11 is 0. The fourth-order valence-electron chi connectivity index (χ4n) is 2.47. The smallest absolute Gasteiger partial charge is 0.251 e. The maximum Gasteiger partial charge on any atom is 0.251 e. The third-order valence-corrected chi connectivity index (χ3v) is 5.77. The summed E-state index contributed by atoms with van der Waals surface area (Å²) in [5.41, 5.74) is 2.92. The molecule has 0 radical (unpaired) electrons. The first-order chi connectivity index (χ1) is 9.37. The summed E-state index contributed by atoms with van der Waals surface area (Å²) in [6, 6.07) is 5.64. The highest BCUT2D eigenvalue weighted by atomic mass is 32.2. The lowest BCUT2D eigenvalue weighted by atomic mass is 10.0. The molecule has 1 fully saturated rings. The van der Waals surface area contributed by atoms with Crippen LogP contribution in [0, 0.1) is 19.8 Å². The van der Waals surface area contributed by atoms with Crippen LogP contribution in [0.1, 0.15) is 34.3 Å². The highest BCUT2D eigenvalue weighted by Crippen LogP contribution is 2.20. The van der Waals surface area contributed by atoms with Gasteiger partial charge in [-0.2, -0.15) is 0 Å². The maximum absolute atomic E-state index is 12.0. The molecule has 1 aromatic carbocycles. The van der Waals surface area contributed by atoms with Crippen molar-refractivity contribution in [3.63, 3.8) is 0 Å². The number of carbonyl (C=O) groups is 1. The third kappa shape index (κ3) is 3.82. The SMILES string of the molecule is Cc1ccc(C(=O)NCCC2CCS(=O)(=O)C2)cc1C. The molecule has 0 aliphatic carbocycles. The molecule has 1 heterocycles. The molecule has 0 aromatic heterocycles. The van der Waals surface area contributed by atoms with Crippen LogP contribution in [-0.4, -0.2) is 32.4 Å². The second-order valence-electron chi connectivity index (χ2n) is 5.61. The molecular weight excluding hydrogens is 274 g/mol. The molecule has 4 nitrogen and oxygen atoms in total. The minimum atomic E-state index is -2.82. The Bertz CT molecular complexity index is 608. The molecular formula is C15H21NO3S. The van der Waals surface area contributed by atoms with Crippen molar-refractivity contribution in [3.8, 4) is 0 Å². The van der Waals surface area contributed by atoms with Crippen molar-refractivity contribution in [2.24, 2.45) is 5.92 Å². The van der Waals surface area contributed by atoms with E-state index in [1.54, 1.807) is 0 Å². The second-order valence-corrected chi connectivity index (χ2v) is 7.84. The molecule has 20 heavy (non-hydrogen) atoms. The van der Waals surface area contributed by atoms with Gasteiger partial charge in [0.25, 0.3) is 5.91 Å². The number of aryl methyl sites for hydroxylation is 2. The van der Waals surface area contributed by atoms with Crippen LogP contribution < -0.4 is 5.32 Å². The van der Waals surface area contributed by atoms with Crippen LogP contribution >= 0.6 is 0 Å². The van der Waals surface area contributed by atoms with Gasteiger partial charge in [-0.15, -0.1) is 0 Å². The maximum atomic E-state index is 12.0. The average Bonchev–Trinajstić information content (AvgIpc) is 2.72. The Morgan fingerprint density at radius 2 is 2.05 bits per heavy atom. The Kier molecular flexibility index (Phi) is 4.48. The predicted molar refractivity (Wildman–Crippen MR) is 79.6 cm³/mol. The van der Waals surface area contributed by atoms with E-state index < -0.39 is 9.84 Å². The summed E-state index contributed by atoms with van der Waals surface area (Å²) in [7, 11) is -2.82. The molecule has 1 aliphatic heterocycles. The lowest BCUT2D eigenvalue weighted by Crippen LogP contribution is -2.26. The Morgan fingerprint density at radius 1 is 1.30 bits per heavy atom. The van der Waals surface area contributed by atoms with Crippen molar-refractivity contribution in [2.75, 3.05) is 18.1 Å². The van der Waals surface area contributed by atoms with E-state index in [0.717, 1.165) is 24.0 Å². The second kappa shape index (κ2) is 5.95. The number of hydrogen-bond acceptors (Lipinski definition) is 3. The van der Waals surface area contributed by atoms with Crippen LogP contribution in [0.3, 0.4) is 0 Å². The van der Waals surface area contributed by atoms with Crippen molar-refractivity contribution in [1.29, 1.82) is 0 Å². The summed E-state index contributed by atoms with van der Waals surface area (Å²) < 4.78 is 22.7. The molecule has 0 spiro atoms. The van der Waals surface area contributed by atoms with Crippen LogP contribution in [0.4, 0.5) is 0 Å². The summed E-state index contributed by atoms with van der Waals surface area (Å²) in [5.74, 6) is 0.670. The van der Waals surface area contributed by atoms with Crippen LogP contribution in [0.5, 0.6) is 0 Å². The van der Waals surface area contributed by atoms with Gasteiger partial charge >= 0.3 is 0 Å². The van der Waals surface area contributed by atoms with E-state index in [-0.39, 0.29) is 17.6 Å². The molecule has 1 N–H and O–H groups in total. The quantitative estimate of drug-likeness (QED) is 0.922. The van der Waals surface area contributed by atoms with Gasteiger partial charge in [-0.1, -0.05) is 6.07 Å². The van der Waals surface area contributed by atoms with Crippen molar-refractivity contribution in [1.82, 2.24) is 5.32 Å². The highest BCUT2D eigenvalue weighted by Gasteiger charge is 2.27. The number of nitrogens with one attached hydrogen (secondary N) is 1. The van der Waals surface area contributed by atoms with Gasteiger partial charge in [-0.25, -0.2) is 8.42 Å². The van der Waals surface area contributed by atoms with E-state index >= 15 is 0 Å². The fraction of sp³-hybridized carbons (Fsp3) is 0.533. The number of sulfone groups is 1. The van der Waals surface area contributed by atoms with Gasteiger partial charge in [-0.05, 0) is 55.9 Å². The number of carbonyl (C=O) groups excluding carboxylic acids is 1. The number of hydrogen-bond donors (Lipinski definition) is 1. The van der Waals surface area contributed by atoms with Gasteiger partial charge < -0.3 is 5.32 Å². The largest absolute Gasteiger partial charge is 0.352 e. The Hall–Kier alpha value is -1.36. The van der Waals surface area contributed by atoms with Gasteiger partial charge in [0.1, 0.15) is 0 Å². The monoisotopic (exact) mass is 295 g/mol. The van der Waals surface area contributed by atoms with E-state index in [1.165, 1.54) is 0 Å². The van der Waals surface area contributed by atoms with E-state index in [2.05, 4.69) is 5.32 Å². The molecule has 1 aliphatic rings. The van der Waals surface area contributed by atoms with Crippen molar-refractivity contribution < 1.29 is 13.2 Å². The van der Waals surface area contributed by atoms with Gasteiger partial charge in [0, 0.05) is 12.1 Å². The molecule has 0 saturated carbocycles. The van der Waals surface area contributed by atoms with Gasteiger partial charge in [-0.3, -0.25) is 4.79 Å². The number of benzene rings is 1. The zero-order chi connectivity index (χ0) is 14.8. The molecule has 1 amide bonds. The first kappa shape index (κ1) is 15.0. The molecule has 1 unspecified atom stereocenters. The standard InChI is InChI=1S/C15H21NO3S/c1-11-3-4-14(9-12(11)2)15(17)16-7-5-13-6-8-20(18,19)10-13/h3-4,9,13H,5-8,10H2,1-2H3,(H,16,17). The summed E-state index contributed by atoms with van der Waals surface area (Å²) in [5, 5.41) is 2.87. The minimum Gasteiger partial charge on any atom is -0.352 e. The summed E-state index contributed by atoms with van der Waals surface area (Å²) in [6.45, 7) is 4.53. The lowest BCUT2D eigenvalue weighted by Gasteiger charge is -2.10. The van der Waals surface area contributed by atoms with Crippen LogP contribution in [-0.2, 0) is 9.84 Å². The molecule has 110 valence electrons. The Balaban J connectivity index is 1.82. The minimum absolute atomic E-state index is 0.0889. The molecule has 0 bridgehead atoms. The lowest BCUT2D eigenvalue weighted by molar-refractivity contribution is 0.0951. The zero-order valence-electron chi connectivity index (χ0n) is 12.0. The van der Waals surface area contributed by atoms with E-state index in [9.17, 15) is 13.2 Å². The zero-order valence-corrected chi connectivity index (χ0v) is 12.8. The first-order valence-electron chi connectivity index (χ1n) is 6.93. The van der Waals surface area contributed by atoms with Gasteiger partial charge in [0.15, 0.2) is 9.84 Å². The van der Waals surface area contributed by atoms with E-state index in [0.29, 0.717) is 17.9 Å². The first-order valence-corrected chi connectivity index (χ1v) is 8.75. The normalized spacial score (nSPS) is 20.8. The number of amides is 1. The van der Waals surface area contributed by atoms with Crippen molar-refractivity contribution >= 4 is 15.7 Å². The molecule has 1 saturated heterocycles. The van der Waals surface area contributed by atoms with Gasteiger partial charge in [0.2, 0.25) is 0 Å². The third-order valence-electron chi connectivity index (χ3n) is 3.93. The fourth-order valence-corrected chi connectivity index (χ4v) is 4.38. The topological polar surface area (TPSA) is 63.2 Å². The number of rotatable bonds is 4. The van der Waals surface area contributed by atoms with E-state index in [4.69, 9.17) is 0 Å². The molecule has 1 aromatic rings. The van der Waals surface area contributed by atoms with Crippen LogP contribution in [0.2, 0.25) is 0 Å². The Labute approximate surface area is 120 Å². The van der Waals surface area contributed by atoms with Crippen molar-refractivity contribution in [2.45, 2.75) is 26.7 Å². The highest BCUT2D eigenvalue weighted by molar-refractivity contribution is 7.91. The summed E-state index contributed by atoms with van der Waals surface area (Å²) in [4.78, 5) is 12.0.